The maximum Gasteiger partial charge on any atom is 0.359 e. The molecule has 1 aromatic rings. The standard InChI is InChI=1S/C13H19NO3S/c1-14(2,9-13(16)17)6-3-4-12(15)8-11-5-7-18-10-11/h5,7,10H,3-4,6,8-9H2,1-2H3/p+1. The van der Waals surface area contributed by atoms with Crippen LogP contribution in [0.25, 0.3) is 0 Å². The maximum absolute atomic E-state index is 11.7. The molecule has 18 heavy (non-hydrogen) atoms. The Labute approximate surface area is 111 Å². The van der Waals surface area contributed by atoms with Gasteiger partial charge in [0.25, 0.3) is 0 Å². The van der Waals surface area contributed by atoms with Gasteiger partial charge >= 0.3 is 5.97 Å². The third-order valence-corrected chi connectivity index (χ3v) is 3.50. The number of ketones is 1. The number of carbonyl (C=O) groups is 2. The molecule has 1 aromatic heterocycles. The van der Waals surface area contributed by atoms with Crippen molar-refractivity contribution < 1.29 is 19.2 Å². The molecule has 0 bridgehead atoms. The van der Waals surface area contributed by atoms with Crippen molar-refractivity contribution in [1.29, 1.82) is 0 Å². The number of thiophene rings is 1. The van der Waals surface area contributed by atoms with Crippen LogP contribution in [-0.2, 0) is 16.0 Å². The van der Waals surface area contributed by atoms with E-state index >= 15 is 0 Å². The average Bonchev–Trinajstić information content (AvgIpc) is 2.67. The zero-order chi connectivity index (χ0) is 13.6. The number of hydrogen-bond acceptors (Lipinski definition) is 3. The third-order valence-electron chi connectivity index (χ3n) is 2.76. The molecule has 0 unspecified atom stereocenters. The van der Waals surface area contributed by atoms with Crippen LogP contribution in [0.3, 0.4) is 0 Å². The number of likely N-dealkylation sites (N-methyl/N-ethyl adjacent to an activating group) is 1. The normalized spacial score (nSPS) is 11.4. The lowest BCUT2D eigenvalue weighted by Gasteiger charge is -2.27. The molecule has 0 spiro atoms. The summed E-state index contributed by atoms with van der Waals surface area (Å²) in [6.45, 7) is 0.806. The van der Waals surface area contributed by atoms with E-state index < -0.39 is 5.97 Å². The Morgan fingerprint density at radius 3 is 2.67 bits per heavy atom. The van der Waals surface area contributed by atoms with Crippen LogP contribution in [0.4, 0.5) is 0 Å². The highest BCUT2D eigenvalue weighted by atomic mass is 32.1. The molecule has 0 aromatic carbocycles. The van der Waals surface area contributed by atoms with E-state index in [0.29, 0.717) is 23.9 Å². The first-order valence-electron chi connectivity index (χ1n) is 5.96. The van der Waals surface area contributed by atoms with Crippen molar-refractivity contribution in [2.75, 3.05) is 27.2 Å². The number of carboxylic acids is 1. The number of quaternary nitrogens is 1. The number of hydrogen-bond donors (Lipinski definition) is 1. The number of nitrogens with zero attached hydrogens (tertiary/aromatic N) is 1. The zero-order valence-corrected chi connectivity index (χ0v) is 11.7. The fourth-order valence-corrected chi connectivity index (χ4v) is 2.53. The van der Waals surface area contributed by atoms with Gasteiger partial charge in [-0.15, -0.1) is 0 Å². The molecule has 1 N–H and O–H groups in total. The van der Waals surface area contributed by atoms with Gasteiger partial charge < -0.3 is 9.59 Å². The smallest absolute Gasteiger partial charge is 0.359 e. The van der Waals surface area contributed by atoms with Crippen LogP contribution in [0.15, 0.2) is 16.8 Å². The van der Waals surface area contributed by atoms with E-state index in [2.05, 4.69) is 0 Å². The summed E-state index contributed by atoms with van der Waals surface area (Å²) in [5, 5.41) is 12.7. The second kappa shape index (κ2) is 6.66. The summed E-state index contributed by atoms with van der Waals surface area (Å²) in [7, 11) is 3.74. The van der Waals surface area contributed by atoms with Gasteiger partial charge in [0.15, 0.2) is 6.54 Å². The van der Waals surface area contributed by atoms with Gasteiger partial charge in [0.05, 0.1) is 20.6 Å². The molecule has 5 heteroatoms. The topological polar surface area (TPSA) is 54.4 Å². The fourth-order valence-electron chi connectivity index (χ4n) is 1.86. The first-order valence-corrected chi connectivity index (χ1v) is 6.90. The highest BCUT2D eigenvalue weighted by Gasteiger charge is 2.19. The summed E-state index contributed by atoms with van der Waals surface area (Å²) in [4.78, 5) is 22.3. The van der Waals surface area contributed by atoms with E-state index in [0.717, 1.165) is 12.0 Å². The summed E-state index contributed by atoms with van der Waals surface area (Å²) in [6.07, 6.45) is 1.76. The van der Waals surface area contributed by atoms with E-state index in [1.807, 2.05) is 30.9 Å². The van der Waals surface area contributed by atoms with Gasteiger partial charge in [0.1, 0.15) is 5.78 Å². The van der Waals surface area contributed by atoms with Crippen molar-refractivity contribution in [3.8, 4) is 0 Å². The molecule has 4 nitrogen and oxygen atoms in total. The van der Waals surface area contributed by atoms with Crippen LogP contribution in [0.2, 0.25) is 0 Å². The summed E-state index contributed by atoms with van der Waals surface area (Å²) >= 11 is 1.60. The lowest BCUT2D eigenvalue weighted by atomic mass is 10.1. The molecule has 0 aliphatic carbocycles. The van der Waals surface area contributed by atoms with E-state index in [4.69, 9.17) is 5.11 Å². The molecule has 1 rings (SSSR count). The van der Waals surface area contributed by atoms with E-state index in [9.17, 15) is 9.59 Å². The quantitative estimate of drug-likeness (QED) is 0.733. The average molecular weight is 270 g/mol. The summed E-state index contributed by atoms with van der Waals surface area (Å²) in [5.41, 5.74) is 1.07. The van der Waals surface area contributed by atoms with Crippen molar-refractivity contribution in [2.45, 2.75) is 19.3 Å². The second-order valence-corrected chi connectivity index (χ2v) is 5.94. The van der Waals surface area contributed by atoms with Gasteiger partial charge in [-0.3, -0.25) is 4.79 Å². The van der Waals surface area contributed by atoms with Gasteiger partial charge in [-0.25, -0.2) is 4.79 Å². The highest BCUT2D eigenvalue weighted by Crippen LogP contribution is 2.09. The molecule has 0 saturated carbocycles. The van der Waals surface area contributed by atoms with Crippen LogP contribution in [0.5, 0.6) is 0 Å². The van der Waals surface area contributed by atoms with Crippen LogP contribution in [0, 0.1) is 0 Å². The van der Waals surface area contributed by atoms with Gasteiger partial charge in [-0.2, -0.15) is 11.3 Å². The van der Waals surface area contributed by atoms with Crippen LogP contribution in [-0.4, -0.2) is 48.5 Å². The monoisotopic (exact) mass is 270 g/mol. The molecule has 100 valence electrons. The molecule has 0 fully saturated rings. The second-order valence-electron chi connectivity index (χ2n) is 5.16. The lowest BCUT2D eigenvalue weighted by Crippen LogP contribution is -2.44. The minimum atomic E-state index is -0.801. The molecule has 0 amide bonds. The van der Waals surface area contributed by atoms with Crippen molar-refractivity contribution in [2.24, 2.45) is 0 Å². The predicted octanol–water partition coefficient (Wildman–Crippen LogP) is 1.80. The highest BCUT2D eigenvalue weighted by molar-refractivity contribution is 7.07. The minimum absolute atomic E-state index is 0.0960. The Bertz CT molecular complexity index is 398. The van der Waals surface area contributed by atoms with Gasteiger partial charge in [-0.1, -0.05) is 0 Å². The minimum Gasteiger partial charge on any atom is -0.477 e. The van der Waals surface area contributed by atoms with Crippen molar-refractivity contribution in [1.82, 2.24) is 0 Å². The molecule has 0 aliphatic heterocycles. The Hall–Kier alpha value is -1.20. The van der Waals surface area contributed by atoms with E-state index in [1.54, 1.807) is 11.3 Å². The largest absolute Gasteiger partial charge is 0.477 e. The van der Waals surface area contributed by atoms with Crippen molar-refractivity contribution in [3.63, 3.8) is 0 Å². The van der Waals surface area contributed by atoms with Crippen LogP contribution < -0.4 is 0 Å². The Kier molecular flexibility index (Phi) is 5.50. The van der Waals surface area contributed by atoms with E-state index in [1.165, 1.54) is 0 Å². The fraction of sp³-hybridized carbons (Fsp3) is 0.538. The number of carbonyl (C=O) groups excluding carboxylic acids is 1. The molecule has 0 aliphatic rings. The predicted molar refractivity (Wildman–Crippen MR) is 71.7 cm³/mol. The number of rotatable bonds is 8. The lowest BCUT2D eigenvalue weighted by molar-refractivity contribution is -0.883. The Balaban J connectivity index is 2.25. The Morgan fingerprint density at radius 1 is 1.39 bits per heavy atom. The Morgan fingerprint density at radius 2 is 2.11 bits per heavy atom. The molecule has 1 heterocycles. The van der Waals surface area contributed by atoms with Crippen molar-refractivity contribution >= 4 is 23.1 Å². The summed E-state index contributed by atoms with van der Waals surface area (Å²) in [5.74, 6) is -0.576. The van der Waals surface area contributed by atoms with Gasteiger partial charge in [0.2, 0.25) is 0 Å². The maximum atomic E-state index is 11.7. The number of Topliss-reactive ketones (excluding diaryl/α,β-unsaturated/α-hetero) is 1. The third kappa shape index (κ3) is 5.93. The summed E-state index contributed by atoms with van der Waals surface area (Å²) < 4.78 is 0.418. The molecular weight excluding hydrogens is 250 g/mol. The molecule has 0 saturated heterocycles. The molecular formula is C13H20NO3S+. The SMILES string of the molecule is C[N+](C)(CCCC(=O)Cc1ccsc1)CC(=O)O. The number of carboxylic acid groups (broad SMARTS) is 1. The van der Waals surface area contributed by atoms with Crippen LogP contribution >= 0.6 is 11.3 Å². The molecule has 0 radical (unpaired) electrons. The number of aliphatic carboxylic acids is 1. The summed E-state index contributed by atoms with van der Waals surface area (Å²) in [6, 6.07) is 1.97. The first kappa shape index (κ1) is 14.9. The first-order chi connectivity index (χ1) is 8.39. The molecule has 0 atom stereocenters. The van der Waals surface area contributed by atoms with E-state index in [-0.39, 0.29) is 12.3 Å². The van der Waals surface area contributed by atoms with Gasteiger partial charge in [-0.05, 0) is 22.4 Å². The van der Waals surface area contributed by atoms with Gasteiger partial charge in [0, 0.05) is 19.3 Å². The zero-order valence-electron chi connectivity index (χ0n) is 10.9. The van der Waals surface area contributed by atoms with Crippen LogP contribution in [0.1, 0.15) is 18.4 Å². The van der Waals surface area contributed by atoms with Crippen molar-refractivity contribution in [3.05, 3.63) is 22.4 Å².